The Hall–Kier alpha value is -1.36. The van der Waals surface area contributed by atoms with Gasteiger partial charge in [0, 0.05) is 11.8 Å². The van der Waals surface area contributed by atoms with Gasteiger partial charge in [-0.1, -0.05) is 13.8 Å². The largest absolute Gasteiger partial charge is 0.308 e. The molecule has 0 radical (unpaired) electrons. The van der Waals surface area contributed by atoms with E-state index in [4.69, 9.17) is 0 Å². The van der Waals surface area contributed by atoms with Crippen molar-refractivity contribution in [3.63, 3.8) is 0 Å². The molecule has 5 nitrogen and oxygen atoms in total. The summed E-state index contributed by atoms with van der Waals surface area (Å²) >= 11 is 0. The molecular weight excluding hydrogens is 204 g/mol. The molecule has 1 aliphatic rings. The molecule has 5 heteroatoms. The molecule has 88 valence electrons. The van der Waals surface area contributed by atoms with Crippen molar-refractivity contribution < 1.29 is 4.79 Å². The Morgan fingerprint density at radius 1 is 1.62 bits per heavy atom. The zero-order valence-electron chi connectivity index (χ0n) is 9.71. The van der Waals surface area contributed by atoms with Crippen LogP contribution in [-0.2, 0) is 4.79 Å². The predicted molar refractivity (Wildman–Crippen MR) is 62.3 cm³/mol. The molecule has 1 aromatic rings. The maximum Gasteiger partial charge on any atom is 0.242 e. The fraction of sp³-hybridized carbons (Fsp3) is 0.636. The summed E-state index contributed by atoms with van der Waals surface area (Å²) in [6, 6.07) is 1.83. The van der Waals surface area contributed by atoms with Crippen LogP contribution in [0.5, 0.6) is 0 Å². The van der Waals surface area contributed by atoms with Crippen LogP contribution >= 0.6 is 0 Å². The van der Waals surface area contributed by atoms with Crippen molar-refractivity contribution in [2.45, 2.75) is 38.6 Å². The fourth-order valence-electron chi connectivity index (χ4n) is 1.82. The van der Waals surface area contributed by atoms with Crippen molar-refractivity contribution in [3.8, 4) is 0 Å². The summed E-state index contributed by atoms with van der Waals surface area (Å²) in [5, 5.41) is 13.0. The fourth-order valence-corrected chi connectivity index (χ4v) is 1.82. The predicted octanol–water partition coefficient (Wildman–Crippen LogP) is 1.22. The SMILES string of the molecule is CC(C)c1cc(NC(=O)[C@H]2CCCN2)n[nH]1. The Balaban J connectivity index is 1.95. The number of H-pyrrole nitrogens is 1. The van der Waals surface area contributed by atoms with Gasteiger partial charge in [0.15, 0.2) is 5.82 Å². The molecule has 16 heavy (non-hydrogen) atoms. The minimum Gasteiger partial charge on any atom is -0.308 e. The van der Waals surface area contributed by atoms with E-state index in [0.29, 0.717) is 11.7 Å². The summed E-state index contributed by atoms with van der Waals surface area (Å²) in [5.41, 5.74) is 1.04. The molecular formula is C11H18N4O. The van der Waals surface area contributed by atoms with Crippen molar-refractivity contribution in [3.05, 3.63) is 11.8 Å². The smallest absolute Gasteiger partial charge is 0.242 e. The number of nitrogens with one attached hydrogen (secondary N) is 3. The minimum absolute atomic E-state index is 0.0132. The van der Waals surface area contributed by atoms with E-state index in [0.717, 1.165) is 25.1 Å². The lowest BCUT2D eigenvalue weighted by molar-refractivity contribution is -0.117. The van der Waals surface area contributed by atoms with Crippen LogP contribution in [0.4, 0.5) is 5.82 Å². The van der Waals surface area contributed by atoms with Gasteiger partial charge in [-0.15, -0.1) is 0 Å². The standard InChI is InChI=1S/C11H18N4O/c1-7(2)9-6-10(15-14-9)13-11(16)8-4-3-5-12-8/h6-8,12H,3-5H2,1-2H3,(H2,13,14,15,16)/t8-/m1/s1. The second kappa shape index (κ2) is 4.65. The first-order valence-electron chi connectivity index (χ1n) is 5.76. The Morgan fingerprint density at radius 2 is 2.44 bits per heavy atom. The summed E-state index contributed by atoms with van der Waals surface area (Å²) in [5.74, 6) is 1.02. The number of aromatic nitrogens is 2. The van der Waals surface area contributed by atoms with Gasteiger partial charge in [-0.05, 0) is 25.3 Å². The Kier molecular flexibility index (Phi) is 3.24. The van der Waals surface area contributed by atoms with Crippen molar-refractivity contribution in [2.75, 3.05) is 11.9 Å². The third-order valence-electron chi connectivity index (χ3n) is 2.85. The Morgan fingerprint density at radius 3 is 3.00 bits per heavy atom. The summed E-state index contributed by atoms with van der Waals surface area (Å²) < 4.78 is 0. The molecule has 1 atom stereocenters. The van der Waals surface area contributed by atoms with Gasteiger partial charge in [0.2, 0.25) is 5.91 Å². The highest BCUT2D eigenvalue weighted by Crippen LogP contribution is 2.15. The number of nitrogens with zero attached hydrogens (tertiary/aromatic N) is 1. The van der Waals surface area contributed by atoms with Crippen LogP contribution in [0.15, 0.2) is 6.07 Å². The molecule has 0 spiro atoms. The van der Waals surface area contributed by atoms with Crippen molar-refractivity contribution in [1.29, 1.82) is 0 Å². The van der Waals surface area contributed by atoms with E-state index in [1.54, 1.807) is 0 Å². The number of amides is 1. The highest BCUT2D eigenvalue weighted by Gasteiger charge is 2.22. The maximum atomic E-state index is 11.8. The molecule has 0 aromatic carbocycles. The first-order valence-corrected chi connectivity index (χ1v) is 5.76. The van der Waals surface area contributed by atoms with E-state index < -0.39 is 0 Å². The van der Waals surface area contributed by atoms with Crippen LogP contribution in [-0.4, -0.2) is 28.7 Å². The maximum absolute atomic E-state index is 11.8. The minimum atomic E-state index is -0.0563. The van der Waals surface area contributed by atoms with Crippen molar-refractivity contribution in [1.82, 2.24) is 15.5 Å². The van der Waals surface area contributed by atoms with E-state index in [2.05, 4.69) is 34.7 Å². The van der Waals surface area contributed by atoms with Crippen LogP contribution in [0.3, 0.4) is 0 Å². The third-order valence-corrected chi connectivity index (χ3v) is 2.85. The monoisotopic (exact) mass is 222 g/mol. The van der Waals surface area contributed by atoms with Crippen LogP contribution in [0.2, 0.25) is 0 Å². The highest BCUT2D eigenvalue weighted by molar-refractivity contribution is 5.94. The zero-order chi connectivity index (χ0) is 11.5. The number of carbonyl (C=O) groups is 1. The molecule has 2 rings (SSSR count). The molecule has 2 heterocycles. The van der Waals surface area contributed by atoms with Gasteiger partial charge >= 0.3 is 0 Å². The first-order chi connectivity index (χ1) is 7.66. The quantitative estimate of drug-likeness (QED) is 0.720. The summed E-state index contributed by atoms with van der Waals surface area (Å²) in [7, 11) is 0. The molecule has 0 unspecified atom stereocenters. The van der Waals surface area contributed by atoms with Crippen LogP contribution < -0.4 is 10.6 Å². The van der Waals surface area contributed by atoms with E-state index in [9.17, 15) is 4.79 Å². The number of carbonyl (C=O) groups excluding carboxylic acids is 1. The second-order valence-corrected chi connectivity index (χ2v) is 4.50. The van der Waals surface area contributed by atoms with E-state index in [1.807, 2.05) is 6.07 Å². The van der Waals surface area contributed by atoms with Gasteiger partial charge in [-0.25, -0.2) is 0 Å². The topological polar surface area (TPSA) is 69.8 Å². The van der Waals surface area contributed by atoms with Crippen molar-refractivity contribution in [2.24, 2.45) is 0 Å². The van der Waals surface area contributed by atoms with Crippen molar-refractivity contribution >= 4 is 11.7 Å². The average molecular weight is 222 g/mol. The lowest BCUT2D eigenvalue weighted by atomic mass is 10.1. The summed E-state index contributed by atoms with van der Waals surface area (Å²) in [6.45, 7) is 5.09. The lowest BCUT2D eigenvalue weighted by Crippen LogP contribution is -2.35. The molecule has 0 aliphatic carbocycles. The van der Waals surface area contributed by atoms with Crippen LogP contribution in [0.25, 0.3) is 0 Å². The van der Waals surface area contributed by atoms with Gasteiger partial charge in [0.05, 0.1) is 6.04 Å². The zero-order valence-corrected chi connectivity index (χ0v) is 9.71. The Bertz CT molecular complexity index is 366. The summed E-state index contributed by atoms with van der Waals surface area (Å²) in [6.07, 6.45) is 1.98. The Labute approximate surface area is 95.0 Å². The molecule has 1 aliphatic heterocycles. The van der Waals surface area contributed by atoms with E-state index in [1.165, 1.54) is 0 Å². The molecule has 1 fully saturated rings. The summed E-state index contributed by atoms with van der Waals surface area (Å²) in [4.78, 5) is 11.8. The van der Waals surface area contributed by atoms with E-state index >= 15 is 0 Å². The number of anilines is 1. The van der Waals surface area contributed by atoms with Gasteiger partial charge < -0.3 is 10.6 Å². The van der Waals surface area contributed by atoms with Gasteiger partial charge in [-0.2, -0.15) is 5.10 Å². The number of aromatic amines is 1. The normalized spacial score (nSPS) is 20.3. The van der Waals surface area contributed by atoms with Gasteiger partial charge in [-0.3, -0.25) is 9.89 Å². The highest BCUT2D eigenvalue weighted by atomic mass is 16.2. The molecule has 1 saturated heterocycles. The average Bonchev–Trinajstić information content (AvgIpc) is 2.87. The van der Waals surface area contributed by atoms with Gasteiger partial charge in [0.1, 0.15) is 0 Å². The van der Waals surface area contributed by atoms with Gasteiger partial charge in [0.25, 0.3) is 0 Å². The molecule has 3 N–H and O–H groups in total. The number of hydrogen-bond donors (Lipinski definition) is 3. The molecule has 1 amide bonds. The van der Waals surface area contributed by atoms with E-state index in [-0.39, 0.29) is 11.9 Å². The van der Waals surface area contributed by atoms with Crippen LogP contribution in [0.1, 0.15) is 38.3 Å². The van der Waals surface area contributed by atoms with Crippen LogP contribution in [0, 0.1) is 0 Å². The molecule has 0 saturated carbocycles. The second-order valence-electron chi connectivity index (χ2n) is 4.50. The number of rotatable bonds is 3. The third kappa shape index (κ3) is 2.41. The first kappa shape index (κ1) is 11.1. The molecule has 1 aromatic heterocycles. The lowest BCUT2D eigenvalue weighted by Gasteiger charge is -2.08. The molecule has 0 bridgehead atoms. The number of hydrogen-bond acceptors (Lipinski definition) is 3.